The number of carboxylic acids is 1. The number of rotatable bonds is 5. The highest BCUT2D eigenvalue weighted by atomic mass is 16.5. The van der Waals surface area contributed by atoms with Gasteiger partial charge in [0.05, 0.1) is 12.5 Å². The van der Waals surface area contributed by atoms with Crippen LogP contribution in [0.3, 0.4) is 0 Å². The fourth-order valence-corrected chi connectivity index (χ4v) is 2.58. The van der Waals surface area contributed by atoms with Gasteiger partial charge < -0.3 is 15.2 Å². The molecule has 0 fully saturated rings. The molecule has 2 atom stereocenters. The third kappa shape index (κ3) is 3.74. The molecule has 2 N–H and O–H groups in total. The minimum atomic E-state index is -0.989. The molecule has 1 unspecified atom stereocenters. The lowest BCUT2D eigenvalue weighted by Crippen LogP contribution is -2.44. The maximum atomic E-state index is 12.4. The Bertz CT molecular complexity index is 527. The average Bonchev–Trinajstić information content (AvgIpc) is 2.45. The largest absolute Gasteiger partial charge is 0.493 e. The third-order valence-electron chi connectivity index (χ3n) is 3.60. The van der Waals surface area contributed by atoms with E-state index in [1.807, 2.05) is 38.1 Å². The summed E-state index contributed by atoms with van der Waals surface area (Å²) in [6.07, 6.45) is 0.989. The van der Waals surface area contributed by atoms with Gasteiger partial charge >= 0.3 is 5.97 Å². The molecule has 5 heteroatoms. The first kappa shape index (κ1) is 15.4. The fraction of sp³-hybridized carbons (Fsp3) is 0.500. The van der Waals surface area contributed by atoms with Crippen molar-refractivity contribution in [1.29, 1.82) is 0 Å². The molecule has 0 saturated heterocycles. The van der Waals surface area contributed by atoms with E-state index < -0.39 is 12.0 Å². The number of benzene rings is 1. The van der Waals surface area contributed by atoms with Crippen molar-refractivity contribution in [1.82, 2.24) is 5.32 Å². The predicted molar refractivity (Wildman–Crippen MR) is 78.3 cm³/mol. The van der Waals surface area contributed by atoms with Crippen LogP contribution in [0.2, 0.25) is 0 Å². The van der Waals surface area contributed by atoms with Gasteiger partial charge in [0.1, 0.15) is 11.8 Å². The maximum Gasteiger partial charge on any atom is 0.326 e. The lowest BCUT2D eigenvalue weighted by atomic mass is 9.91. The van der Waals surface area contributed by atoms with E-state index in [9.17, 15) is 14.7 Å². The molecule has 1 heterocycles. The number of carbonyl (C=O) groups excluding carboxylic acids is 1. The van der Waals surface area contributed by atoms with Crippen LogP contribution in [0.25, 0.3) is 0 Å². The van der Waals surface area contributed by atoms with Gasteiger partial charge in [0.2, 0.25) is 5.91 Å². The Morgan fingerprint density at radius 3 is 2.76 bits per heavy atom. The summed E-state index contributed by atoms with van der Waals surface area (Å²) in [5.74, 6) is -0.659. The van der Waals surface area contributed by atoms with E-state index in [0.29, 0.717) is 25.2 Å². The van der Waals surface area contributed by atoms with Gasteiger partial charge in [-0.15, -0.1) is 0 Å². The first-order valence-corrected chi connectivity index (χ1v) is 7.24. The highest BCUT2D eigenvalue weighted by molar-refractivity contribution is 5.88. The molecule has 21 heavy (non-hydrogen) atoms. The van der Waals surface area contributed by atoms with Crippen LogP contribution in [-0.4, -0.2) is 29.6 Å². The molecule has 1 aliphatic rings. The van der Waals surface area contributed by atoms with Gasteiger partial charge in [0.15, 0.2) is 0 Å². The first-order valence-electron chi connectivity index (χ1n) is 7.24. The second kappa shape index (κ2) is 6.61. The summed E-state index contributed by atoms with van der Waals surface area (Å²) in [4.78, 5) is 23.7. The molecular formula is C16H21NO4. The van der Waals surface area contributed by atoms with E-state index in [2.05, 4.69) is 5.32 Å². The van der Waals surface area contributed by atoms with Crippen molar-refractivity contribution in [2.45, 2.75) is 38.6 Å². The summed E-state index contributed by atoms with van der Waals surface area (Å²) >= 11 is 0. The van der Waals surface area contributed by atoms with E-state index in [1.165, 1.54) is 0 Å². The van der Waals surface area contributed by atoms with Crippen molar-refractivity contribution in [3.05, 3.63) is 29.8 Å². The van der Waals surface area contributed by atoms with Crippen LogP contribution < -0.4 is 10.1 Å². The average molecular weight is 291 g/mol. The Kier molecular flexibility index (Phi) is 4.83. The molecule has 1 aromatic rings. The molecule has 114 valence electrons. The van der Waals surface area contributed by atoms with Gasteiger partial charge in [-0.1, -0.05) is 32.0 Å². The second-order valence-corrected chi connectivity index (χ2v) is 5.76. The number of aliphatic carboxylic acids is 1. The molecule has 0 aliphatic carbocycles. The molecule has 0 saturated carbocycles. The smallest absolute Gasteiger partial charge is 0.326 e. The first-order chi connectivity index (χ1) is 9.99. The Balaban J connectivity index is 2.12. The second-order valence-electron chi connectivity index (χ2n) is 5.76. The maximum absolute atomic E-state index is 12.4. The van der Waals surface area contributed by atoms with Crippen molar-refractivity contribution >= 4 is 11.9 Å². The SMILES string of the molecule is CC(C)C[C@@H](NC(=O)C1CCOc2ccccc21)C(=O)O. The van der Waals surface area contributed by atoms with Gasteiger partial charge in [0, 0.05) is 5.56 Å². The van der Waals surface area contributed by atoms with E-state index >= 15 is 0 Å². The standard InChI is InChI=1S/C16H21NO4/c1-10(2)9-13(16(19)20)17-15(18)12-7-8-21-14-6-4-3-5-11(12)14/h3-6,10,12-13H,7-9H2,1-2H3,(H,17,18)(H,19,20)/t12?,13-/m1/s1. The third-order valence-corrected chi connectivity index (χ3v) is 3.60. The molecule has 1 aliphatic heterocycles. The van der Waals surface area contributed by atoms with Crippen molar-refractivity contribution < 1.29 is 19.4 Å². The zero-order chi connectivity index (χ0) is 15.4. The van der Waals surface area contributed by atoms with Crippen molar-refractivity contribution in [3.63, 3.8) is 0 Å². The lowest BCUT2D eigenvalue weighted by Gasteiger charge is -2.26. The summed E-state index contributed by atoms with van der Waals surface area (Å²) in [5, 5.41) is 11.9. The van der Waals surface area contributed by atoms with Gasteiger partial charge in [-0.3, -0.25) is 4.79 Å². The zero-order valence-corrected chi connectivity index (χ0v) is 12.3. The molecule has 0 radical (unpaired) electrons. The Hall–Kier alpha value is -2.04. The van der Waals surface area contributed by atoms with E-state index in [0.717, 1.165) is 5.56 Å². The normalized spacial score (nSPS) is 18.5. The Morgan fingerprint density at radius 1 is 1.38 bits per heavy atom. The number of amides is 1. The summed E-state index contributed by atoms with van der Waals surface area (Å²) in [6, 6.07) is 6.57. The van der Waals surface area contributed by atoms with Gasteiger partial charge in [0.25, 0.3) is 0 Å². The van der Waals surface area contributed by atoms with Crippen molar-refractivity contribution in [3.8, 4) is 5.75 Å². The Morgan fingerprint density at radius 2 is 2.10 bits per heavy atom. The highest BCUT2D eigenvalue weighted by Gasteiger charge is 2.30. The van der Waals surface area contributed by atoms with E-state index in [1.54, 1.807) is 0 Å². The summed E-state index contributed by atoms with van der Waals surface area (Å²) in [6.45, 7) is 4.34. The fourth-order valence-electron chi connectivity index (χ4n) is 2.58. The minimum absolute atomic E-state index is 0.202. The van der Waals surface area contributed by atoms with Crippen LogP contribution in [0.15, 0.2) is 24.3 Å². The number of carboxylic acid groups (broad SMARTS) is 1. The summed E-state index contributed by atoms with van der Waals surface area (Å²) in [7, 11) is 0. The quantitative estimate of drug-likeness (QED) is 0.871. The summed E-state index contributed by atoms with van der Waals surface area (Å²) in [5.41, 5.74) is 0.829. The van der Waals surface area contributed by atoms with Gasteiger partial charge in [-0.05, 0) is 24.8 Å². The molecule has 5 nitrogen and oxygen atoms in total. The number of ether oxygens (including phenoxy) is 1. The molecule has 1 aromatic carbocycles. The topological polar surface area (TPSA) is 75.6 Å². The van der Waals surface area contributed by atoms with Crippen LogP contribution in [0.1, 0.15) is 38.2 Å². The monoisotopic (exact) mass is 291 g/mol. The van der Waals surface area contributed by atoms with E-state index in [4.69, 9.17) is 4.74 Å². The molecule has 0 spiro atoms. The van der Waals surface area contributed by atoms with Crippen LogP contribution in [0.4, 0.5) is 0 Å². The van der Waals surface area contributed by atoms with Crippen LogP contribution in [0.5, 0.6) is 5.75 Å². The number of para-hydroxylation sites is 1. The molecule has 2 rings (SSSR count). The highest BCUT2D eigenvalue weighted by Crippen LogP contribution is 2.33. The zero-order valence-electron chi connectivity index (χ0n) is 12.3. The molecule has 0 bridgehead atoms. The van der Waals surface area contributed by atoms with Crippen molar-refractivity contribution in [2.24, 2.45) is 5.92 Å². The lowest BCUT2D eigenvalue weighted by molar-refractivity contribution is -0.142. The number of nitrogens with one attached hydrogen (secondary N) is 1. The number of hydrogen-bond acceptors (Lipinski definition) is 3. The summed E-state index contributed by atoms with van der Waals surface area (Å²) < 4.78 is 5.52. The number of carbonyl (C=O) groups is 2. The van der Waals surface area contributed by atoms with Crippen LogP contribution in [-0.2, 0) is 9.59 Å². The molecular weight excluding hydrogens is 270 g/mol. The van der Waals surface area contributed by atoms with Gasteiger partial charge in [-0.25, -0.2) is 4.79 Å². The van der Waals surface area contributed by atoms with Crippen LogP contribution in [0, 0.1) is 5.92 Å². The number of hydrogen-bond donors (Lipinski definition) is 2. The van der Waals surface area contributed by atoms with E-state index in [-0.39, 0.29) is 17.7 Å². The Labute approximate surface area is 124 Å². The molecule has 1 amide bonds. The van der Waals surface area contributed by atoms with Crippen LogP contribution >= 0.6 is 0 Å². The predicted octanol–water partition coefficient (Wildman–Crippen LogP) is 2.17. The minimum Gasteiger partial charge on any atom is -0.493 e. The van der Waals surface area contributed by atoms with Crippen molar-refractivity contribution in [2.75, 3.05) is 6.61 Å². The number of fused-ring (bicyclic) bond motifs is 1. The molecule has 0 aromatic heterocycles. The van der Waals surface area contributed by atoms with Gasteiger partial charge in [-0.2, -0.15) is 0 Å².